The van der Waals surface area contributed by atoms with Crippen LogP contribution in [0.25, 0.3) is 0 Å². The summed E-state index contributed by atoms with van der Waals surface area (Å²) in [4.78, 5) is 0.377. The van der Waals surface area contributed by atoms with Crippen LogP contribution in [0.3, 0.4) is 0 Å². The van der Waals surface area contributed by atoms with Crippen LogP contribution in [-0.2, 0) is 10.0 Å². The maximum absolute atomic E-state index is 13.4. The summed E-state index contributed by atoms with van der Waals surface area (Å²) in [6, 6.07) is 3.45. The molecule has 0 N–H and O–H groups in total. The average Bonchev–Trinajstić information content (AvgIpc) is 2.39. The van der Waals surface area contributed by atoms with E-state index in [4.69, 9.17) is 0 Å². The molecule has 0 spiro atoms. The standard InChI is InChI=1S/C20H29NO2S/c1-9-11-18(20(6,7)8)21(12-10-2)24(22,23)19-16(4)13-15(3)14-17(19)5/h10-11,13-14,18H,1-2,12H2,3-8H3. The summed E-state index contributed by atoms with van der Waals surface area (Å²) < 4.78 is 28.4. The van der Waals surface area contributed by atoms with Gasteiger partial charge in [0.1, 0.15) is 0 Å². The van der Waals surface area contributed by atoms with Gasteiger partial charge in [-0.2, -0.15) is 4.31 Å². The first-order valence-electron chi connectivity index (χ1n) is 8.03. The van der Waals surface area contributed by atoms with Crippen molar-refractivity contribution >= 4 is 10.0 Å². The molecule has 0 saturated heterocycles. The largest absolute Gasteiger partial charge is 0.244 e. The Morgan fingerprint density at radius 1 is 1.21 bits per heavy atom. The van der Waals surface area contributed by atoms with Gasteiger partial charge in [-0.3, -0.25) is 0 Å². The highest BCUT2D eigenvalue weighted by Crippen LogP contribution is 2.32. The molecule has 0 aliphatic carbocycles. The smallest absolute Gasteiger partial charge is 0.207 e. The molecule has 0 radical (unpaired) electrons. The van der Waals surface area contributed by atoms with Gasteiger partial charge in [-0.05, 0) is 43.4 Å². The van der Waals surface area contributed by atoms with E-state index in [2.05, 4.69) is 18.9 Å². The second kappa shape index (κ2) is 7.52. The molecule has 1 unspecified atom stereocenters. The Hall–Kier alpha value is -1.61. The van der Waals surface area contributed by atoms with E-state index in [1.165, 1.54) is 4.31 Å². The monoisotopic (exact) mass is 347 g/mol. The van der Waals surface area contributed by atoms with E-state index in [1.54, 1.807) is 12.2 Å². The van der Waals surface area contributed by atoms with Crippen molar-refractivity contribution in [2.45, 2.75) is 52.5 Å². The number of sulfonamides is 1. The van der Waals surface area contributed by atoms with Gasteiger partial charge >= 0.3 is 0 Å². The average molecular weight is 348 g/mol. The van der Waals surface area contributed by atoms with Crippen molar-refractivity contribution in [3.63, 3.8) is 0 Å². The predicted molar refractivity (Wildman–Crippen MR) is 102 cm³/mol. The first-order valence-corrected chi connectivity index (χ1v) is 9.47. The van der Waals surface area contributed by atoms with Crippen LogP contribution < -0.4 is 0 Å². The lowest BCUT2D eigenvalue weighted by atomic mass is 9.86. The number of hydrogen-bond donors (Lipinski definition) is 0. The molecule has 0 saturated carbocycles. The molecule has 1 atom stereocenters. The number of nitrogens with zero attached hydrogens (tertiary/aromatic N) is 1. The zero-order valence-corrected chi connectivity index (χ0v) is 16.5. The molecule has 0 aliphatic rings. The summed E-state index contributed by atoms with van der Waals surface area (Å²) in [6.07, 6.45) is 3.34. The van der Waals surface area contributed by atoms with E-state index in [0.29, 0.717) is 4.90 Å². The summed E-state index contributed by atoms with van der Waals surface area (Å²) in [6.45, 7) is 19.3. The lowest BCUT2D eigenvalue weighted by molar-refractivity contribution is 0.229. The molecule has 0 aromatic heterocycles. The Labute approximate surface area is 147 Å². The van der Waals surface area contributed by atoms with Gasteiger partial charge in [0.05, 0.1) is 10.9 Å². The molecule has 1 aromatic carbocycles. The van der Waals surface area contributed by atoms with Gasteiger partial charge in [0.25, 0.3) is 0 Å². The van der Waals surface area contributed by atoms with Crippen molar-refractivity contribution < 1.29 is 8.42 Å². The van der Waals surface area contributed by atoms with Crippen molar-refractivity contribution in [2.24, 2.45) is 5.41 Å². The minimum absolute atomic E-state index is 0.231. The van der Waals surface area contributed by atoms with Gasteiger partial charge in [0.15, 0.2) is 0 Å². The van der Waals surface area contributed by atoms with Crippen LogP contribution in [0.15, 0.2) is 48.1 Å². The molecular weight excluding hydrogens is 318 g/mol. The summed E-state index contributed by atoms with van der Waals surface area (Å²) in [5.41, 5.74) is 5.04. The molecule has 0 fully saturated rings. The third-order valence-corrected chi connectivity index (χ3v) is 6.11. The van der Waals surface area contributed by atoms with Crippen molar-refractivity contribution in [3.8, 4) is 0 Å². The van der Waals surface area contributed by atoms with Crippen LogP contribution in [0.2, 0.25) is 0 Å². The predicted octanol–water partition coefficient (Wildman–Crippen LogP) is 4.54. The van der Waals surface area contributed by atoms with Crippen LogP contribution in [0.5, 0.6) is 0 Å². The van der Waals surface area contributed by atoms with Gasteiger partial charge in [0, 0.05) is 6.54 Å². The Bertz CT molecular complexity index is 740. The van der Waals surface area contributed by atoms with E-state index in [-0.39, 0.29) is 18.0 Å². The molecule has 0 heterocycles. The Morgan fingerprint density at radius 2 is 1.71 bits per heavy atom. The number of rotatable bonds is 6. The van der Waals surface area contributed by atoms with Crippen LogP contribution in [0.1, 0.15) is 37.5 Å². The van der Waals surface area contributed by atoms with Crippen LogP contribution >= 0.6 is 0 Å². The molecule has 1 aromatic rings. The normalized spacial score (nSPS) is 13.5. The molecule has 24 heavy (non-hydrogen) atoms. The van der Waals surface area contributed by atoms with E-state index in [9.17, 15) is 8.42 Å². The minimum atomic E-state index is -3.68. The minimum Gasteiger partial charge on any atom is -0.207 e. The maximum atomic E-state index is 13.4. The molecular formula is C20H29NO2S. The zero-order chi connectivity index (χ0) is 18.7. The van der Waals surface area contributed by atoms with Crippen molar-refractivity contribution in [1.29, 1.82) is 0 Å². The highest BCUT2D eigenvalue weighted by atomic mass is 32.2. The Kier molecular flexibility index (Phi) is 6.40. The number of benzene rings is 1. The van der Waals surface area contributed by atoms with E-state index >= 15 is 0 Å². The summed E-state index contributed by atoms with van der Waals surface area (Å²) in [5, 5.41) is 0. The number of aryl methyl sites for hydroxylation is 3. The fourth-order valence-corrected chi connectivity index (χ4v) is 5.20. The number of hydrogen-bond acceptors (Lipinski definition) is 2. The van der Waals surface area contributed by atoms with Crippen LogP contribution in [0.4, 0.5) is 0 Å². The second-order valence-corrected chi connectivity index (χ2v) is 9.10. The van der Waals surface area contributed by atoms with E-state index in [0.717, 1.165) is 16.7 Å². The molecule has 0 amide bonds. The lowest BCUT2D eigenvalue weighted by Crippen LogP contribution is -2.46. The SMILES string of the molecule is C=C=CC(N(CC=C)S(=O)(=O)c1c(C)cc(C)cc1C)C(C)(C)C. The van der Waals surface area contributed by atoms with Crippen molar-refractivity contribution in [2.75, 3.05) is 6.54 Å². The maximum Gasteiger partial charge on any atom is 0.244 e. The molecule has 4 heteroatoms. The molecule has 0 bridgehead atoms. The Balaban J connectivity index is 3.65. The highest BCUT2D eigenvalue weighted by molar-refractivity contribution is 7.89. The quantitative estimate of drug-likeness (QED) is 0.559. The van der Waals surface area contributed by atoms with Crippen LogP contribution in [-0.4, -0.2) is 25.3 Å². The molecule has 1 rings (SSSR count). The Morgan fingerprint density at radius 3 is 2.08 bits per heavy atom. The summed E-state index contributed by atoms with van der Waals surface area (Å²) >= 11 is 0. The van der Waals surface area contributed by atoms with Gasteiger partial charge in [-0.15, -0.1) is 12.3 Å². The van der Waals surface area contributed by atoms with Gasteiger partial charge in [-0.25, -0.2) is 8.42 Å². The fourth-order valence-electron chi connectivity index (χ4n) is 3.06. The van der Waals surface area contributed by atoms with Crippen LogP contribution in [0, 0.1) is 26.2 Å². The van der Waals surface area contributed by atoms with Crippen molar-refractivity contribution in [3.05, 3.63) is 59.9 Å². The molecule has 132 valence electrons. The van der Waals surface area contributed by atoms with Gasteiger partial charge < -0.3 is 0 Å². The summed E-state index contributed by atoms with van der Waals surface area (Å²) in [7, 11) is -3.68. The van der Waals surface area contributed by atoms with E-state index in [1.807, 2.05) is 53.7 Å². The first kappa shape index (κ1) is 20.4. The third kappa shape index (κ3) is 4.27. The topological polar surface area (TPSA) is 37.4 Å². The summed E-state index contributed by atoms with van der Waals surface area (Å²) in [5.74, 6) is 0. The molecule has 0 aliphatic heterocycles. The van der Waals surface area contributed by atoms with Crippen molar-refractivity contribution in [1.82, 2.24) is 4.31 Å². The lowest BCUT2D eigenvalue weighted by Gasteiger charge is -2.37. The first-order chi connectivity index (χ1) is 11.0. The third-order valence-electron chi connectivity index (χ3n) is 3.95. The van der Waals surface area contributed by atoms with Gasteiger partial charge in [-0.1, -0.05) is 51.1 Å². The highest BCUT2D eigenvalue weighted by Gasteiger charge is 2.37. The molecule has 3 nitrogen and oxygen atoms in total. The zero-order valence-electron chi connectivity index (χ0n) is 15.7. The fraction of sp³-hybridized carbons (Fsp3) is 0.450. The van der Waals surface area contributed by atoms with Gasteiger partial charge in [0.2, 0.25) is 10.0 Å². The van der Waals surface area contributed by atoms with E-state index < -0.39 is 10.0 Å². The second-order valence-electron chi connectivity index (χ2n) is 7.27.